The van der Waals surface area contributed by atoms with Crippen LogP contribution in [0.4, 0.5) is 34.1 Å². The molecule has 8 aromatic carbocycles. The van der Waals surface area contributed by atoms with E-state index in [2.05, 4.69) is 31.1 Å². The summed E-state index contributed by atoms with van der Waals surface area (Å²) in [6.07, 6.45) is 0.641. The zero-order valence-electron chi connectivity index (χ0n) is 41.6. The second-order valence-corrected chi connectivity index (χ2v) is 20.0. The molecule has 23 heteroatoms. The van der Waals surface area contributed by atoms with Gasteiger partial charge in [-0.3, -0.25) is 14.1 Å². The van der Waals surface area contributed by atoms with E-state index in [0.717, 1.165) is 12.1 Å². The van der Waals surface area contributed by atoms with Crippen LogP contribution in [0.3, 0.4) is 0 Å². The fourth-order valence-corrected chi connectivity index (χ4v) is 9.47. The van der Waals surface area contributed by atoms with E-state index in [1.807, 2.05) is 13.8 Å². The van der Waals surface area contributed by atoms with Gasteiger partial charge in [0, 0.05) is 27.7 Å². The van der Waals surface area contributed by atoms with E-state index in [9.17, 15) is 45.7 Å². The van der Waals surface area contributed by atoms with Gasteiger partial charge in [-0.25, -0.2) is 8.42 Å². The van der Waals surface area contributed by atoms with Crippen molar-refractivity contribution in [3.8, 4) is 23.0 Å². The van der Waals surface area contributed by atoms with Crippen LogP contribution in [0, 0.1) is 0 Å². The topological polar surface area (TPSA) is 281 Å². The summed E-state index contributed by atoms with van der Waals surface area (Å²) in [5.74, 6) is -0.911. The van der Waals surface area contributed by atoms with Gasteiger partial charge in [-0.2, -0.15) is 13.5 Å². The molecule has 0 saturated carbocycles. The van der Waals surface area contributed by atoms with Crippen molar-refractivity contribution in [3.63, 3.8) is 0 Å². The number of benzene rings is 8. The Morgan fingerprint density at radius 2 is 0.974 bits per heavy atom. The van der Waals surface area contributed by atoms with E-state index in [1.165, 1.54) is 18.2 Å². The van der Waals surface area contributed by atoms with Crippen LogP contribution in [-0.2, 0) is 33.1 Å². The molecule has 8 aromatic rings. The molecule has 77 heavy (non-hydrogen) atoms. The molecule has 2 amide bonds. The molecule has 0 unspecified atom stereocenters. The first-order valence-electron chi connectivity index (χ1n) is 23.2. The maximum Gasteiger partial charge on any atom is 2.00 e. The summed E-state index contributed by atoms with van der Waals surface area (Å²) in [5.41, 5.74) is 1.85. The summed E-state index contributed by atoms with van der Waals surface area (Å²) in [6.45, 7) is 8.25. The Morgan fingerprint density at radius 1 is 0.571 bits per heavy atom. The minimum Gasteiger partial charge on any atom is -0.870 e. The predicted molar refractivity (Wildman–Crippen MR) is 294 cm³/mol. The van der Waals surface area contributed by atoms with Crippen LogP contribution in [0.5, 0.6) is 23.0 Å². The van der Waals surface area contributed by atoms with Crippen molar-refractivity contribution in [2.45, 2.75) is 50.3 Å². The minimum absolute atomic E-state index is 0. The molecule has 0 radical (unpaired) electrons. The van der Waals surface area contributed by atoms with Gasteiger partial charge in [0.25, 0.3) is 21.9 Å². The average Bonchev–Trinajstić information content (AvgIpc) is 3.41. The van der Waals surface area contributed by atoms with Crippen molar-refractivity contribution in [1.29, 1.82) is 0 Å². The number of amides is 2. The molecule has 18 nitrogen and oxygen atoms in total. The van der Waals surface area contributed by atoms with Crippen LogP contribution in [0.15, 0.2) is 164 Å². The molecular formula is C54H46CaCl2N6O12S2. The first-order chi connectivity index (χ1) is 36.2. The van der Waals surface area contributed by atoms with Gasteiger partial charge in [0.1, 0.15) is 38.7 Å². The normalized spacial score (nSPS) is 11.5. The molecule has 0 heterocycles. The molecular weight excluding hydrogens is 1100 g/mol. The van der Waals surface area contributed by atoms with Crippen LogP contribution < -0.4 is 25.2 Å². The molecule has 0 fully saturated rings. The van der Waals surface area contributed by atoms with Gasteiger partial charge in [0.2, 0.25) is 0 Å². The molecule has 0 bridgehead atoms. The third-order valence-electron chi connectivity index (χ3n) is 11.4. The van der Waals surface area contributed by atoms with Gasteiger partial charge in [-0.05, 0) is 134 Å². The Hall–Kier alpha value is -6.72. The number of carbonyl (C=O) groups excluding carboxylic acids is 2. The monoisotopic (exact) mass is 1140 g/mol. The SMILES string of the molecule is CCOc1ccc(NC(=O)c2cc3ccccc3c(N=Nc3c(Cl)cc(S(=O)(=O)O)cc3CC)c2O)cc1.CCOc1ccc(NC(=O)c2cc3ccccc3c(N=Nc3c(Cl)cc(S(=O)(=O)[O-])cc3CC)c2[O-])cc1.[Ca+2]. The number of phenolic OH excluding ortho intramolecular Hbond substituents is 1. The van der Waals surface area contributed by atoms with Crippen molar-refractivity contribution >= 4 is 149 Å². The molecule has 0 aliphatic carbocycles. The number of carbonyl (C=O) groups is 2. The van der Waals surface area contributed by atoms with Crippen molar-refractivity contribution in [1.82, 2.24) is 0 Å². The van der Waals surface area contributed by atoms with Crippen LogP contribution in [0.25, 0.3) is 21.5 Å². The molecule has 392 valence electrons. The molecule has 0 aromatic heterocycles. The molecule has 0 aliphatic rings. The fraction of sp³-hybridized carbons (Fsp3) is 0.148. The Kier molecular flexibility index (Phi) is 20.2. The number of hydrogen-bond acceptors (Lipinski definition) is 15. The van der Waals surface area contributed by atoms with E-state index in [4.69, 9.17) is 32.7 Å². The number of azo groups is 2. The zero-order valence-corrected chi connectivity index (χ0v) is 46.9. The van der Waals surface area contributed by atoms with Crippen molar-refractivity contribution in [2.75, 3.05) is 23.8 Å². The Balaban J connectivity index is 0.000000246. The number of rotatable bonds is 16. The summed E-state index contributed by atoms with van der Waals surface area (Å²) in [4.78, 5) is 25.4. The van der Waals surface area contributed by atoms with Crippen LogP contribution in [0.2, 0.25) is 10.0 Å². The van der Waals surface area contributed by atoms with E-state index in [-0.39, 0.29) is 92.3 Å². The number of nitrogens with zero attached hydrogens (tertiary/aromatic N) is 4. The molecule has 0 aliphatic heterocycles. The number of fused-ring (bicyclic) bond motifs is 2. The summed E-state index contributed by atoms with van der Waals surface area (Å²) < 4.78 is 77.8. The van der Waals surface area contributed by atoms with Gasteiger partial charge >= 0.3 is 37.7 Å². The second-order valence-electron chi connectivity index (χ2n) is 16.4. The second kappa shape index (κ2) is 26.1. The maximum absolute atomic E-state index is 13.4. The van der Waals surface area contributed by atoms with Crippen molar-refractivity contribution in [2.24, 2.45) is 20.5 Å². The van der Waals surface area contributed by atoms with E-state index >= 15 is 0 Å². The standard InChI is InChI=1S/2C27H24ClN3O6S.Ca/c2*1-3-16-13-20(38(34,35)36)15-23(28)24(16)30-31-25-21-8-6-5-7-17(21)14-22(26(25)32)27(33)29-18-9-11-19(12-10-18)37-4-2;/h2*5-15,32H,3-4H2,1-2H3,(H,29,33)(H,34,35,36);/q;;+2/p-2. The number of halogens is 2. The zero-order chi connectivity index (χ0) is 54.9. The Bertz CT molecular complexity index is 3560. The summed E-state index contributed by atoms with van der Waals surface area (Å²) in [7, 11) is -9.20. The molecule has 4 N–H and O–H groups in total. The largest absolute Gasteiger partial charge is 2.00 e. The van der Waals surface area contributed by atoms with Crippen LogP contribution in [0.1, 0.15) is 59.5 Å². The first-order valence-corrected chi connectivity index (χ1v) is 26.8. The summed E-state index contributed by atoms with van der Waals surface area (Å²) in [5, 5.41) is 48.8. The van der Waals surface area contributed by atoms with Gasteiger partial charge in [0.15, 0.2) is 5.75 Å². The molecule has 0 atom stereocenters. The Labute approximate surface area is 483 Å². The van der Waals surface area contributed by atoms with Crippen LogP contribution >= 0.6 is 23.2 Å². The number of aromatic hydroxyl groups is 1. The number of hydrogen-bond donors (Lipinski definition) is 4. The Morgan fingerprint density at radius 3 is 1.43 bits per heavy atom. The van der Waals surface area contributed by atoms with E-state index < -0.39 is 42.7 Å². The minimum atomic E-state index is -4.73. The molecule has 8 rings (SSSR count). The third-order valence-corrected chi connectivity index (χ3v) is 13.6. The molecule has 0 saturated heterocycles. The van der Waals surface area contributed by atoms with Gasteiger partial charge < -0.3 is 34.9 Å². The number of phenols is 1. The summed E-state index contributed by atoms with van der Waals surface area (Å²) >= 11 is 12.5. The van der Waals surface area contributed by atoms with Crippen LogP contribution in [-0.4, -0.2) is 93.8 Å². The van der Waals surface area contributed by atoms with Gasteiger partial charge in [-0.1, -0.05) is 91.3 Å². The van der Waals surface area contributed by atoms with Crippen molar-refractivity contribution < 1.29 is 55.2 Å². The number of nitrogens with one attached hydrogen (secondary N) is 2. The quantitative estimate of drug-likeness (QED) is 0.0399. The first kappa shape index (κ1) is 59.5. The fourth-order valence-electron chi connectivity index (χ4n) is 7.68. The maximum atomic E-state index is 13.4. The number of aryl methyl sites for hydroxylation is 2. The van der Waals surface area contributed by atoms with Crippen molar-refractivity contribution in [3.05, 3.63) is 166 Å². The predicted octanol–water partition coefficient (Wildman–Crippen LogP) is 12.8. The third kappa shape index (κ3) is 14.5. The number of ether oxygens (including phenoxy) is 2. The van der Waals surface area contributed by atoms with E-state index in [0.29, 0.717) is 81.6 Å². The van der Waals surface area contributed by atoms with Gasteiger partial charge in [-0.15, -0.1) is 15.3 Å². The van der Waals surface area contributed by atoms with E-state index in [1.54, 1.807) is 117 Å². The smallest absolute Gasteiger partial charge is 0.870 e. The molecule has 0 spiro atoms. The summed E-state index contributed by atoms with van der Waals surface area (Å²) in [6, 6.07) is 35.0. The average molecular weight is 1150 g/mol. The number of anilines is 2. The van der Waals surface area contributed by atoms with Gasteiger partial charge in [0.05, 0.1) is 44.3 Å².